The van der Waals surface area contributed by atoms with E-state index in [0.717, 1.165) is 64.6 Å². The zero-order valence-corrected chi connectivity index (χ0v) is 14.9. The molecule has 134 valence electrons. The Kier molecular flexibility index (Phi) is 5.84. The van der Waals surface area contributed by atoms with Crippen molar-refractivity contribution in [2.75, 3.05) is 19.6 Å². The first-order valence-electron chi connectivity index (χ1n) is 9.79. The number of unbranched alkanes of at least 4 members (excludes halogenated alkanes) is 1. The largest absolute Gasteiger partial charge is 0.458 e. The Labute approximate surface area is 145 Å². The van der Waals surface area contributed by atoms with Crippen molar-refractivity contribution in [2.45, 2.75) is 76.4 Å². The average molecular weight is 333 g/mol. The van der Waals surface area contributed by atoms with Crippen molar-refractivity contribution in [3.05, 3.63) is 0 Å². The van der Waals surface area contributed by atoms with Gasteiger partial charge < -0.3 is 9.84 Å². The summed E-state index contributed by atoms with van der Waals surface area (Å²) in [4.78, 5) is 15.3. The van der Waals surface area contributed by atoms with Gasteiger partial charge >= 0.3 is 5.97 Å². The maximum absolute atomic E-state index is 12.9. The van der Waals surface area contributed by atoms with Gasteiger partial charge in [0.05, 0.1) is 0 Å². The molecule has 1 saturated carbocycles. The van der Waals surface area contributed by atoms with E-state index in [1.54, 1.807) is 0 Å². The first-order chi connectivity index (χ1) is 11.6. The number of rotatable bonds is 4. The SMILES string of the molecule is CCCC#C[C@@](O)(C(=O)O[C@@H]1CN2CCC1CC2)C1CCCCC1. The van der Waals surface area contributed by atoms with Crippen molar-refractivity contribution >= 4 is 5.97 Å². The van der Waals surface area contributed by atoms with E-state index in [4.69, 9.17) is 4.74 Å². The second kappa shape index (κ2) is 7.89. The molecule has 4 rings (SSSR count). The summed E-state index contributed by atoms with van der Waals surface area (Å²) in [6.07, 6.45) is 8.82. The molecule has 0 aromatic rings. The topological polar surface area (TPSA) is 49.8 Å². The lowest BCUT2D eigenvalue weighted by Gasteiger charge is -2.45. The number of carbonyl (C=O) groups excluding carboxylic acids is 1. The molecule has 2 bridgehead atoms. The second-order valence-corrected chi connectivity index (χ2v) is 7.73. The maximum atomic E-state index is 12.9. The van der Waals surface area contributed by atoms with E-state index in [1.165, 1.54) is 6.42 Å². The van der Waals surface area contributed by atoms with Crippen LogP contribution >= 0.6 is 0 Å². The molecular weight excluding hydrogens is 302 g/mol. The van der Waals surface area contributed by atoms with Gasteiger partial charge in [0, 0.05) is 18.9 Å². The van der Waals surface area contributed by atoms with Crippen LogP contribution in [0.15, 0.2) is 0 Å². The molecule has 3 saturated heterocycles. The summed E-state index contributed by atoms with van der Waals surface area (Å²) in [5.41, 5.74) is -1.61. The number of carbonyl (C=O) groups is 1. The predicted molar refractivity (Wildman–Crippen MR) is 93.3 cm³/mol. The number of hydrogen-bond acceptors (Lipinski definition) is 4. The van der Waals surface area contributed by atoms with Crippen LogP contribution in [-0.2, 0) is 9.53 Å². The molecule has 24 heavy (non-hydrogen) atoms. The van der Waals surface area contributed by atoms with Gasteiger partial charge in [-0.1, -0.05) is 38.0 Å². The minimum atomic E-state index is -1.61. The highest BCUT2D eigenvalue weighted by molar-refractivity contribution is 5.84. The normalized spacial score (nSPS) is 32.5. The van der Waals surface area contributed by atoms with E-state index in [-0.39, 0.29) is 12.0 Å². The third-order valence-corrected chi connectivity index (χ3v) is 6.02. The molecule has 4 fully saturated rings. The summed E-state index contributed by atoms with van der Waals surface area (Å²) in [6, 6.07) is 0. The number of piperidine rings is 3. The highest BCUT2D eigenvalue weighted by atomic mass is 16.6. The van der Waals surface area contributed by atoms with Crippen LogP contribution in [0.3, 0.4) is 0 Å². The average Bonchev–Trinajstić information content (AvgIpc) is 2.63. The first-order valence-corrected chi connectivity index (χ1v) is 9.79. The molecule has 0 aromatic heterocycles. The van der Waals surface area contributed by atoms with E-state index >= 15 is 0 Å². The zero-order valence-electron chi connectivity index (χ0n) is 14.9. The summed E-state index contributed by atoms with van der Waals surface area (Å²) in [6.45, 7) is 5.10. The van der Waals surface area contributed by atoms with Crippen molar-refractivity contribution in [2.24, 2.45) is 11.8 Å². The van der Waals surface area contributed by atoms with Gasteiger partial charge in [0.1, 0.15) is 6.10 Å². The Morgan fingerprint density at radius 2 is 1.92 bits per heavy atom. The Balaban J connectivity index is 1.71. The first kappa shape index (κ1) is 17.8. The Hall–Kier alpha value is -1.05. The van der Waals surface area contributed by atoms with Crippen LogP contribution in [0, 0.1) is 23.7 Å². The Morgan fingerprint density at radius 3 is 2.50 bits per heavy atom. The predicted octanol–water partition coefficient (Wildman–Crippen LogP) is 2.74. The highest BCUT2D eigenvalue weighted by Gasteiger charge is 2.47. The van der Waals surface area contributed by atoms with Crippen LogP contribution in [0.5, 0.6) is 0 Å². The maximum Gasteiger partial charge on any atom is 0.351 e. The minimum absolute atomic E-state index is 0.0666. The van der Waals surface area contributed by atoms with E-state index < -0.39 is 11.6 Å². The van der Waals surface area contributed by atoms with Crippen LogP contribution < -0.4 is 0 Å². The van der Waals surface area contributed by atoms with Crippen LogP contribution in [0.2, 0.25) is 0 Å². The molecule has 0 spiro atoms. The molecule has 0 unspecified atom stereocenters. The fourth-order valence-corrected chi connectivity index (χ4v) is 4.43. The van der Waals surface area contributed by atoms with Crippen molar-refractivity contribution in [3.63, 3.8) is 0 Å². The molecule has 2 atom stereocenters. The number of ether oxygens (including phenoxy) is 1. The number of nitrogens with zero attached hydrogens (tertiary/aromatic N) is 1. The smallest absolute Gasteiger partial charge is 0.351 e. The summed E-state index contributed by atoms with van der Waals surface area (Å²) in [5.74, 6) is 5.82. The Morgan fingerprint density at radius 1 is 1.21 bits per heavy atom. The number of hydrogen-bond donors (Lipinski definition) is 1. The minimum Gasteiger partial charge on any atom is -0.458 e. The summed E-state index contributed by atoms with van der Waals surface area (Å²) in [7, 11) is 0. The molecule has 3 heterocycles. The molecule has 0 aromatic carbocycles. The van der Waals surface area contributed by atoms with Crippen molar-refractivity contribution in [1.82, 2.24) is 4.90 Å². The summed E-state index contributed by atoms with van der Waals surface area (Å²) in [5, 5.41) is 11.2. The van der Waals surface area contributed by atoms with Crippen LogP contribution in [0.4, 0.5) is 0 Å². The summed E-state index contributed by atoms with van der Waals surface area (Å²) < 4.78 is 5.84. The van der Waals surface area contributed by atoms with Gasteiger partial charge in [0.15, 0.2) is 0 Å². The van der Waals surface area contributed by atoms with Crippen LogP contribution in [0.1, 0.15) is 64.7 Å². The number of esters is 1. The van der Waals surface area contributed by atoms with Crippen molar-refractivity contribution < 1.29 is 14.6 Å². The highest BCUT2D eigenvalue weighted by Crippen LogP contribution is 2.35. The van der Waals surface area contributed by atoms with Gasteiger partial charge in [-0.15, -0.1) is 0 Å². The molecular formula is C20H31NO3. The lowest BCUT2D eigenvalue weighted by molar-refractivity contribution is -0.180. The molecule has 4 aliphatic rings. The quantitative estimate of drug-likeness (QED) is 0.635. The van der Waals surface area contributed by atoms with Gasteiger partial charge in [0.2, 0.25) is 5.60 Å². The van der Waals surface area contributed by atoms with Gasteiger partial charge in [0.25, 0.3) is 0 Å². The summed E-state index contributed by atoms with van der Waals surface area (Å²) >= 11 is 0. The molecule has 0 radical (unpaired) electrons. The van der Waals surface area contributed by atoms with Crippen LogP contribution in [0.25, 0.3) is 0 Å². The zero-order chi connectivity index (χ0) is 17.0. The van der Waals surface area contributed by atoms with Gasteiger partial charge in [-0.05, 0) is 51.1 Å². The van der Waals surface area contributed by atoms with Gasteiger partial charge in [-0.2, -0.15) is 0 Å². The molecule has 1 aliphatic carbocycles. The standard InChI is InChI=1S/C20H31NO3/c1-2-3-7-12-20(23,17-8-5-4-6-9-17)19(22)24-18-15-21-13-10-16(18)11-14-21/h16-18,23H,2-6,8-11,13-15H2,1H3/t18-,20+/m1/s1. The second-order valence-electron chi connectivity index (χ2n) is 7.73. The fourth-order valence-electron chi connectivity index (χ4n) is 4.43. The fraction of sp³-hybridized carbons (Fsp3) is 0.850. The van der Waals surface area contributed by atoms with Crippen molar-refractivity contribution in [3.8, 4) is 11.8 Å². The lowest BCUT2D eigenvalue weighted by Crippen LogP contribution is -2.55. The van der Waals surface area contributed by atoms with Gasteiger partial charge in [-0.3, -0.25) is 4.90 Å². The van der Waals surface area contributed by atoms with E-state index in [2.05, 4.69) is 23.7 Å². The molecule has 4 nitrogen and oxygen atoms in total. The van der Waals surface area contributed by atoms with E-state index in [9.17, 15) is 9.90 Å². The number of fused-ring (bicyclic) bond motifs is 3. The van der Waals surface area contributed by atoms with Gasteiger partial charge in [-0.25, -0.2) is 4.79 Å². The molecule has 3 aliphatic heterocycles. The monoisotopic (exact) mass is 333 g/mol. The molecule has 1 N–H and O–H groups in total. The Bertz CT molecular complexity index is 495. The van der Waals surface area contributed by atoms with Crippen LogP contribution in [-0.4, -0.2) is 47.3 Å². The lowest BCUT2D eigenvalue weighted by atomic mass is 9.77. The van der Waals surface area contributed by atoms with E-state index in [0.29, 0.717) is 12.3 Å². The van der Waals surface area contributed by atoms with E-state index in [1.807, 2.05) is 0 Å². The third kappa shape index (κ3) is 3.78. The van der Waals surface area contributed by atoms with Crippen molar-refractivity contribution in [1.29, 1.82) is 0 Å². The number of aliphatic hydroxyl groups is 1. The third-order valence-electron chi connectivity index (χ3n) is 6.02. The molecule has 4 heteroatoms. The molecule has 0 amide bonds.